The van der Waals surface area contributed by atoms with Crippen molar-refractivity contribution < 1.29 is 14.0 Å². The average molecular weight is 335 g/mol. The van der Waals surface area contributed by atoms with Crippen LogP contribution in [0.2, 0.25) is 0 Å². The Morgan fingerprint density at radius 2 is 1.84 bits per heavy atom. The minimum Gasteiger partial charge on any atom is -0.390 e. The van der Waals surface area contributed by atoms with E-state index in [0.29, 0.717) is 28.2 Å². The molecule has 4 rings (SSSR count). The molecule has 0 N–H and O–H groups in total. The van der Waals surface area contributed by atoms with Gasteiger partial charge in [0.15, 0.2) is 0 Å². The molecular weight excluding hydrogens is 321 g/mol. The van der Waals surface area contributed by atoms with Gasteiger partial charge in [-0.3, -0.25) is 4.79 Å². The van der Waals surface area contributed by atoms with Gasteiger partial charge in [0.05, 0.1) is 6.33 Å². The number of fused-ring (bicyclic) bond motifs is 2. The van der Waals surface area contributed by atoms with Crippen molar-refractivity contribution in [2.75, 3.05) is 0 Å². The van der Waals surface area contributed by atoms with Gasteiger partial charge in [-0.25, -0.2) is 9.37 Å². The Balaban J connectivity index is 1.70. The Bertz CT molecular complexity index is 990. The fourth-order valence-corrected chi connectivity index (χ4v) is 2.86. The maximum atomic E-state index is 13.0. The summed E-state index contributed by atoms with van der Waals surface area (Å²) < 4.78 is 14.6. The lowest BCUT2D eigenvalue weighted by Crippen LogP contribution is -2.23. The van der Waals surface area contributed by atoms with Crippen LogP contribution in [-0.2, 0) is 18.5 Å². The number of benzene rings is 2. The lowest BCUT2D eigenvalue weighted by molar-refractivity contribution is 0.102. The highest BCUT2D eigenvalue weighted by Gasteiger charge is 2.32. The molecule has 6 heteroatoms. The number of rotatable bonds is 3. The van der Waals surface area contributed by atoms with Gasteiger partial charge >= 0.3 is 0 Å². The zero-order chi connectivity index (χ0) is 17.4. The summed E-state index contributed by atoms with van der Waals surface area (Å²) in [6.45, 7) is 0.196. The van der Waals surface area contributed by atoms with Crippen molar-refractivity contribution in [2.24, 2.45) is 12.2 Å². The lowest BCUT2D eigenvalue weighted by atomic mass is 9.89. The Morgan fingerprint density at radius 3 is 2.60 bits per heavy atom. The van der Waals surface area contributed by atoms with Crippen LogP contribution in [-0.4, -0.2) is 21.0 Å². The third kappa shape index (κ3) is 2.61. The zero-order valence-corrected chi connectivity index (χ0v) is 13.4. The molecule has 0 unspecified atom stereocenters. The van der Waals surface area contributed by atoms with Gasteiger partial charge in [-0.15, -0.1) is 0 Å². The van der Waals surface area contributed by atoms with Crippen LogP contribution in [0.25, 0.3) is 0 Å². The second-order valence-electron chi connectivity index (χ2n) is 5.77. The molecule has 0 fully saturated rings. The van der Waals surface area contributed by atoms with E-state index in [0.717, 1.165) is 5.56 Å². The third-order valence-corrected chi connectivity index (χ3v) is 4.10. The molecule has 0 spiro atoms. The van der Waals surface area contributed by atoms with Crippen molar-refractivity contribution in [3.8, 4) is 0 Å². The summed E-state index contributed by atoms with van der Waals surface area (Å²) in [5.41, 5.74) is 3.58. The number of carbonyl (C=O) groups is 1. The maximum Gasteiger partial charge on any atom is 0.212 e. The van der Waals surface area contributed by atoms with E-state index in [1.54, 1.807) is 36.1 Å². The minimum atomic E-state index is -0.298. The van der Waals surface area contributed by atoms with E-state index >= 15 is 0 Å². The lowest BCUT2D eigenvalue weighted by Gasteiger charge is -2.17. The van der Waals surface area contributed by atoms with Gasteiger partial charge in [-0.1, -0.05) is 41.6 Å². The monoisotopic (exact) mass is 335 g/mol. The highest BCUT2D eigenvalue weighted by molar-refractivity contribution is 6.28. The van der Waals surface area contributed by atoms with Gasteiger partial charge in [0.2, 0.25) is 5.78 Å². The number of oxime groups is 1. The van der Waals surface area contributed by atoms with Crippen LogP contribution in [0.3, 0.4) is 0 Å². The number of aromatic nitrogens is 2. The van der Waals surface area contributed by atoms with Crippen LogP contribution in [0.1, 0.15) is 32.9 Å². The number of hydrogen-bond acceptors (Lipinski definition) is 4. The van der Waals surface area contributed by atoms with E-state index < -0.39 is 0 Å². The number of hydrogen-bond donors (Lipinski definition) is 0. The molecule has 0 bridgehead atoms. The number of aryl methyl sites for hydroxylation is 1. The summed E-state index contributed by atoms with van der Waals surface area (Å²) >= 11 is 0. The fraction of sp³-hybridized carbons (Fsp3) is 0.105. The van der Waals surface area contributed by atoms with Crippen molar-refractivity contribution in [1.82, 2.24) is 9.55 Å². The molecule has 5 nitrogen and oxygen atoms in total. The summed E-state index contributed by atoms with van der Waals surface area (Å²) in [5, 5.41) is 4.23. The summed E-state index contributed by atoms with van der Waals surface area (Å²) in [6.07, 6.45) is 1.59. The molecule has 3 aromatic rings. The minimum absolute atomic E-state index is 0.0805. The van der Waals surface area contributed by atoms with Crippen molar-refractivity contribution in [1.29, 1.82) is 0 Å². The zero-order valence-electron chi connectivity index (χ0n) is 13.4. The van der Waals surface area contributed by atoms with Crippen LogP contribution in [0.15, 0.2) is 60.0 Å². The highest BCUT2D eigenvalue weighted by Crippen LogP contribution is 2.26. The van der Waals surface area contributed by atoms with Crippen molar-refractivity contribution in [2.45, 2.75) is 6.61 Å². The first kappa shape index (κ1) is 15.3. The summed E-state index contributed by atoms with van der Waals surface area (Å²) in [4.78, 5) is 22.4. The van der Waals surface area contributed by atoms with Crippen LogP contribution < -0.4 is 0 Å². The fourth-order valence-electron chi connectivity index (χ4n) is 2.86. The van der Waals surface area contributed by atoms with E-state index in [2.05, 4.69) is 10.1 Å². The van der Waals surface area contributed by atoms with Crippen LogP contribution in [0.4, 0.5) is 4.39 Å². The van der Waals surface area contributed by atoms with E-state index in [9.17, 15) is 9.18 Å². The quantitative estimate of drug-likeness (QED) is 0.541. The van der Waals surface area contributed by atoms with E-state index in [4.69, 9.17) is 4.84 Å². The molecule has 2 aromatic carbocycles. The largest absolute Gasteiger partial charge is 0.390 e. The number of carbonyl (C=O) groups excluding carboxylic acids is 1. The predicted molar refractivity (Wildman–Crippen MR) is 89.9 cm³/mol. The molecule has 0 radical (unpaired) electrons. The highest BCUT2D eigenvalue weighted by atomic mass is 19.1. The molecule has 0 saturated carbocycles. The molecule has 1 aliphatic carbocycles. The summed E-state index contributed by atoms with van der Waals surface area (Å²) in [5.74, 6) is -0.379. The molecule has 1 aliphatic rings. The summed E-state index contributed by atoms with van der Waals surface area (Å²) in [6, 6.07) is 13.3. The molecule has 0 saturated heterocycles. The van der Waals surface area contributed by atoms with Crippen LogP contribution in [0.5, 0.6) is 0 Å². The Hall–Kier alpha value is -3.28. The molecule has 0 amide bonds. The Morgan fingerprint density at radius 1 is 1.12 bits per heavy atom. The normalized spacial score (nSPS) is 14.3. The van der Waals surface area contributed by atoms with E-state index in [1.165, 1.54) is 12.1 Å². The maximum absolute atomic E-state index is 13.0. The van der Waals surface area contributed by atoms with Crippen LogP contribution in [0, 0.1) is 5.82 Å². The van der Waals surface area contributed by atoms with Gasteiger partial charge < -0.3 is 9.40 Å². The van der Waals surface area contributed by atoms with Crippen molar-refractivity contribution >= 4 is 11.5 Å². The van der Waals surface area contributed by atoms with Gasteiger partial charge in [0, 0.05) is 18.2 Å². The third-order valence-electron chi connectivity index (χ3n) is 4.10. The van der Waals surface area contributed by atoms with E-state index in [1.807, 2.05) is 18.2 Å². The SMILES string of the molecule is Cn1cnc2c1C(=O)c1ccccc1/C2=N\OCc1ccc(F)cc1. The topological polar surface area (TPSA) is 56.5 Å². The molecule has 1 aromatic heterocycles. The first-order valence-electron chi connectivity index (χ1n) is 7.75. The Kier molecular flexibility index (Phi) is 3.65. The number of halogens is 1. The average Bonchev–Trinajstić information content (AvgIpc) is 3.01. The van der Waals surface area contributed by atoms with E-state index in [-0.39, 0.29) is 18.2 Å². The van der Waals surface area contributed by atoms with Crippen molar-refractivity contribution in [3.63, 3.8) is 0 Å². The van der Waals surface area contributed by atoms with Crippen molar-refractivity contribution in [3.05, 3.63) is 88.8 Å². The molecular formula is C19H14FN3O2. The molecule has 124 valence electrons. The summed E-state index contributed by atoms with van der Waals surface area (Å²) in [7, 11) is 1.77. The van der Waals surface area contributed by atoms with Gasteiger partial charge in [0.1, 0.15) is 29.5 Å². The molecule has 0 aliphatic heterocycles. The first-order chi connectivity index (χ1) is 12.1. The molecule has 1 heterocycles. The van der Waals surface area contributed by atoms with Crippen LogP contribution >= 0.6 is 0 Å². The smallest absolute Gasteiger partial charge is 0.212 e. The predicted octanol–water partition coefficient (Wildman–Crippen LogP) is 3.07. The first-order valence-corrected chi connectivity index (χ1v) is 7.75. The second-order valence-corrected chi connectivity index (χ2v) is 5.77. The second kappa shape index (κ2) is 5.98. The van der Waals surface area contributed by atoms with Gasteiger partial charge in [0.25, 0.3) is 0 Å². The van der Waals surface area contributed by atoms with Gasteiger partial charge in [-0.2, -0.15) is 0 Å². The Labute approximate surface area is 143 Å². The standard InChI is InChI=1S/C19H14FN3O2/c1-23-11-21-17-16(22-25-10-12-6-8-13(20)9-7-12)14-4-2-3-5-15(14)19(24)18(17)23/h2-9,11H,10H2,1H3/b22-16+. The van der Waals surface area contributed by atoms with Gasteiger partial charge in [-0.05, 0) is 17.7 Å². The number of ketones is 1. The molecule has 25 heavy (non-hydrogen) atoms. The molecule has 0 atom stereocenters. The number of nitrogens with zero attached hydrogens (tertiary/aromatic N) is 3. The number of imidazole rings is 1.